The van der Waals surface area contributed by atoms with Crippen LogP contribution in [-0.2, 0) is 11.8 Å². The lowest BCUT2D eigenvalue weighted by Crippen LogP contribution is -2.35. The van der Waals surface area contributed by atoms with E-state index in [1.165, 1.54) is 36.2 Å². The fourth-order valence-electron chi connectivity index (χ4n) is 4.63. The van der Waals surface area contributed by atoms with Crippen molar-refractivity contribution in [3.63, 3.8) is 0 Å². The maximum Gasteiger partial charge on any atom is 0.112 e. The number of benzene rings is 2. The standard InChI is InChI=1S/C27H36N2/c1-5-6-9-18-25(26-28-19-20-29(26)22(2)3)27(4,24-16-12-8-13-17-24)21-23-14-10-7-11-15-23/h7-8,10-17,19-20,22,25H,5-6,9,18,21H2,1-4H3. The molecule has 0 aliphatic carbocycles. The van der Waals surface area contributed by atoms with Gasteiger partial charge in [0.2, 0.25) is 0 Å². The Bertz CT molecular complexity index is 851. The molecule has 154 valence electrons. The summed E-state index contributed by atoms with van der Waals surface area (Å²) in [6, 6.07) is 22.4. The summed E-state index contributed by atoms with van der Waals surface area (Å²) in [5.41, 5.74) is 2.78. The molecular weight excluding hydrogens is 352 g/mol. The minimum Gasteiger partial charge on any atom is -0.332 e. The van der Waals surface area contributed by atoms with Crippen LogP contribution in [-0.4, -0.2) is 9.55 Å². The fraction of sp³-hybridized carbons (Fsp3) is 0.444. The van der Waals surface area contributed by atoms with Crippen molar-refractivity contribution in [3.05, 3.63) is 90.0 Å². The highest BCUT2D eigenvalue weighted by molar-refractivity contribution is 5.33. The van der Waals surface area contributed by atoms with Crippen LogP contribution < -0.4 is 0 Å². The number of hydrogen-bond acceptors (Lipinski definition) is 1. The van der Waals surface area contributed by atoms with E-state index in [0.717, 1.165) is 12.8 Å². The molecular formula is C27H36N2. The van der Waals surface area contributed by atoms with Gasteiger partial charge in [-0.1, -0.05) is 93.8 Å². The highest BCUT2D eigenvalue weighted by atomic mass is 15.1. The Morgan fingerprint density at radius 1 is 0.931 bits per heavy atom. The first-order chi connectivity index (χ1) is 14.1. The molecule has 0 aliphatic rings. The van der Waals surface area contributed by atoms with Gasteiger partial charge >= 0.3 is 0 Å². The number of nitrogens with zero attached hydrogens (tertiary/aromatic N) is 2. The van der Waals surface area contributed by atoms with E-state index >= 15 is 0 Å². The minimum atomic E-state index is -0.0195. The highest BCUT2D eigenvalue weighted by Crippen LogP contribution is 2.44. The van der Waals surface area contributed by atoms with E-state index in [1.54, 1.807) is 0 Å². The number of aromatic nitrogens is 2. The third-order valence-electron chi connectivity index (χ3n) is 6.28. The van der Waals surface area contributed by atoms with Crippen LogP contribution in [0.1, 0.15) is 82.3 Å². The van der Waals surface area contributed by atoms with Gasteiger partial charge in [-0.05, 0) is 37.8 Å². The molecule has 2 atom stereocenters. The predicted molar refractivity (Wildman–Crippen MR) is 123 cm³/mol. The summed E-state index contributed by atoms with van der Waals surface area (Å²) in [4.78, 5) is 4.91. The summed E-state index contributed by atoms with van der Waals surface area (Å²) in [5, 5.41) is 0. The average Bonchev–Trinajstić information content (AvgIpc) is 3.22. The second kappa shape index (κ2) is 9.91. The largest absolute Gasteiger partial charge is 0.332 e. The van der Waals surface area contributed by atoms with Crippen LogP contribution in [0.3, 0.4) is 0 Å². The molecule has 1 heterocycles. The van der Waals surface area contributed by atoms with Gasteiger partial charge in [-0.15, -0.1) is 0 Å². The monoisotopic (exact) mass is 388 g/mol. The molecule has 0 saturated carbocycles. The van der Waals surface area contributed by atoms with E-state index in [1.807, 2.05) is 6.20 Å². The Hall–Kier alpha value is -2.35. The lowest BCUT2D eigenvalue weighted by Gasteiger charge is -2.39. The summed E-state index contributed by atoms with van der Waals surface area (Å²) >= 11 is 0. The second-order valence-electron chi connectivity index (χ2n) is 8.78. The van der Waals surface area contributed by atoms with Gasteiger partial charge in [-0.25, -0.2) is 4.98 Å². The van der Waals surface area contributed by atoms with E-state index in [9.17, 15) is 0 Å². The van der Waals surface area contributed by atoms with Crippen LogP contribution in [0, 0.1) is 0 Å². The predicted octanol–water partition coefficient (Wildman–Crippen LogP) is 7.33. The van der Waals surface area contributed by atoms with Crippen LogP contribution in [0.2, 0.25) is 0 Å². The summed E-state index contributed by atoms with van der Waals surface area (Å²) in [7, 11) is 0. The third kappa shape index (κ3) is 4.98. The minimum absolute atomic E-state index is 0.0195. The number of rotatable bonds is 10. The van der Waals surface area contributed by atoms with Gasteiger partial charge in [0.05, 0.1) is 0 Å². The Kier molecular flexibility index (Phi) is 7.30. The van der Waals surface area contributed by atoms with E-state index < -0.39 is 0 Å². The molecule has 0 bridgehead atoms. The zero-order chi connectivity index (χ0) is 20.7. The first-order valence-electron chi connectivity index (χ1n) is 11.2. The third-order valence-corrected chi connectivity index (χ3v) is 6.28. The van der Waals surface area contributed by atoms with Gasteiger partial charge in [-0.2, -0.15) is 0 Å². The van der Waals surface area contributed by atoms with Gasteiger partial charge in [0.1, 0.15) is 5.82 Å². The van der Waals surface area contributed by atoms with Crippen molar-refractivity contribution in [3.8, 4) is 0 Å². The normalized spacial score (nSPS) is 14.7. The van der Waals surface area contributed by atoms with Crippen LogP contribution >= 0.6 is 0 Å². The summed E-state index contributed by atoms with van der Waals surface area (Å²) < 4.78 is 2.38. The highest BCUT2D eigenvalue weighted by Gasteiger charge is 2.39. The molecule has 0 amide bonds. The smallest absolute Gasteiger partial charge is 0.112 e. The lowest BCUT2D eigenvalue weighted by atomic mass is 9.66. The summed E-state index contributed by atoms with van der Waals surface area (Å²) in [6.07, 6.45) is 10.1. The fourth-order valence-corrected chi connectivity index (χ4v) is 4.63. The maximum atomic E-state index is 4.91. The van der Waals surface area contributed by atoms with Crippen molar-refractivity contribution in [2.75, 3.05) is 0 Å². The second-order valence-corrected chi connectivity index (χ2v) is 8.78. The molecule has 0 radical (unpaired) electrons. The van der Waals surface area contributed by atoms with Crippen molar-refractivity contribution in [2.24, 2.45) is 0 Å². The zero-order valence-electron chi connectivity index (χ0n) is 18.5. The number of unbranched alkanes of at least 4 members (excludes halogenated alkanes) is 2. The maximum absolute atomic E-state index is 4.91. The van der Waals surface area contributed by atoms with Gasteiger partial charge < -0.3 is 4.57 Å². The van der Waals surface area contributed by atoms with Gasteiger partial charge in [-0.3, -0.25) is 0 Å². The van der Waals surface area contributed by atoms with Crippen LogP contribution in [0.25, 0.3) is 0 Å². The molecule has 0 N–H and O–H groups in total. The van der Waals surface area contributed by atoms with E-state index in [4.69, 9.17) is 4.98 Å². The molecule has 3 rings (SSSR count). The van der Waals surface area contributed by atoms with Crippen molar-refractivity contribution >= 4 is 0 Å². The Balaban J connectivity index is 2.10. The quantitative estimate of drug-likeness (QED) is 0.332. The summed E-state index contributed by atoms with van der Waals surface area (Å²) in [6.45, 7) is 9.24. The lowest BCUT2D eigenvalue weighted by molar-refractivity contribution is 0.319. The molecule has 0 saturated heterocycles. The van der Waals surface area contributed by atoms with Crippen molar-refractivity contribution in [1.29, 1.82) is 0 Å². The zero-order valence-corrected chi connectivity index (χ0v) is 18.5. The Morgan fingerprint density at radius 2 is 1.59 bits per heavy atom. The molecule has 1 aromatic heterocycles. The molecule has 29 heavy (non-hydrogen) atoms. The van der Waals surface area contributed by atoms with Crippen molar-refractivity contribution < 1.29 is 0 Å². The van der Waals surface area contributed by atoms with Gasteiger partial charge in [0.25, 0.3) is 0 Å². The topological polar surface area (TPSA) is 17.8 Å². The number of imidazole rings is 1. The Morgan fingerprint density at radius 3 is 2.21 bits per heavy atom. The van der Waals surface area contributed by atoms with Gasteiger partial charge in [0.15, 0.2) is 0 Å². The van der Waals surface area contributed by atoms with Crippen molar-refractivity contribution in [1.82, 2.24) is 9.55 Å². The van der Waals surface area contributed by atoms with Crippen LogP contribution in [0.5, 0.6) is 0 Å². The molecule has 0 aliphatic heterocycles. The van der Waals surface area contributed by atoms with Crippen LogP contribution in [0.15, 0.2) is 73.1 Å². The van der Waals surface area contributed by atoms with Crippen molar-refractivity contribution in [2.45, 2.75) is 77.2 Å². The van der Waals surface area contributed by atoms with Gasteiger partial charge in [0, 0.05) is 29.8 Å². The van der Waals surface area contributed by atoms with Crippen LogP contribution in [0.4, 0.5) is 0 Å². The number of hydrogen-bond donors (Lipinski definition) is 0. The molecule has 0 spiro atoms. The first kappa shape index (κ1) is 21.4. The van der Waals surface area contributed by atoms with E-state index in [2.05, 4.69) is 99.1 Å². The Labute approximate surface area is 177 Å². The SMILES string of the molecule is CCCCCC(c1nccn1C(C)C)C(C)(Cc1ccccc1)c1ccccc1. The molecule has 2 nitrogen and oxygen atoms in total. The molecule has 2 unspecified atom stereocenters. The molecule has 2 heteroatoms. The average molecular weight is 389 g/mol. The van der Waals surface area contributed by atoms with E-state index in [0.29, 0.717) is 12.0 Å². The first-order valence-corrected chi connectivity index (χ1v) is 11.2. The molecule has 3 aromatic rings. The molecule has 2 aromatic carbocycles. The van der Waals surface area contributed by atoms with E-state index in [-0.39, 0.29) is 5.41 Å². The molecule has 0 fully saturated rings. The summed E-state index contributed by atoms with van der Waals surface area (Å²) in [5.74, 6) is 1.60.